The van der Waals surface area contributed by atoms with Crippen LogP contribution in [0.1, 0.15) is 33.3 Å². The van der Waals surface area contributed by atoms with Gasteiger partial charge in [0.1, 0.15) is 5.75 Å². The van der Waals surface area contributed by atoms with E-state index >= 15 is 0 Å². The van der Waals surface area contributed by atoms with Crippen LogP contribution in [0.3, 0.4) is 0 Å². The van der Waals surface area contributed by atoms with Crippen molar-refractivity contribution in [2.24, 2.45) is 0 Å². The molecule has 0 unspecified atom stereocenters. The van der Waals surface area contributed by atoms with Crippen LogP contribution in [0.5, 0.6) is 5.75 Å². The molecule has 0 atom stereocenters. The first-order chi connectivity index (χ1) is 14.5. The van der Waals surface area contributed by atoms with E-state index < -0.39 is 0 Å². The minimum absolute atomic E-state index is 0.0633. The van der Waals surface area contributed by atoms with Gasteiger partial charge in [0, 0.05) is 34.6 Å². The standard InChI is InChI=1S/C22H22ClN3O3S/c1-3-24-19(27)13-29-17-9-7-15(8-10-17)21(28)26-22-25-12-18(30-22)11-16-6-4-5-14(2)20(16)23/h4-10,12H,3,11,13H2,1-2H3,(H,24,27)(H,25,26,28). The highest BCUT2D eigenvalue weighted by Crippen LogP contribution is 2.27. The second-order valence-corrected chi connectivity index (χ2v) is 8.07. The number of benzene rings is 2. The number of hydrogen-bond donors (Lipinski definition) is 2. The lowest BCUT2D eigenvalue weighted by atomic mass is 10.1. The number of halogens is 1. The average Bonchev–Trinajstić information content (AvgIpc) is 3.17. The first-order valence-corrected chi connectivity index (χ1v) is 10.6. The number of amides is 2. The molecule has 0 aliphatic rings. The summed E-state index contributed by atoms with van der Waals surface area (Å²) in [6.45, 7) is 4.30. The Kier molecular flexibility index (Phi) is 7.43. The molecule has 0 spiro atoms. The molecule has 3 rings (SSSR count). The number of anilines is 1. The molecule has 0 fully saturated rings. The maximum Gasteiger partial charge on any atom is 0.257 e. The molecular formula is C22H22ClN3O3S. The van der Waals surface area contributed by atoms with Crippen molar-refractivity contribution in [3.8, 4) is 5.75 Å². The molecule has 6 nitrogen and oxygen atoms in total. The minimum atomic E-state index is -0.264. The molecule has 1 heterocycles. The summed E-state index contributed by atoms with van der Waals surface area (Å²) in [5, 5.41) is 6.74. The minimum Gasteiger partial charge on any atom is -0.484 e. The van der Waals surface area contributed by atoms with Gasteiger partial charge in [0.05, 0.1) is 0 Å². The number of thiazole rings is 1. The molecular weight excluding hydrogens is 422 g/mol. The highest BCUT2D eigenvalue weighted by Gasteiger charge is 2.11. The van der Waals surface area contributed by atoms with Gasteiger partial charge in [-0.3, -0.25) is 14.9 Å². The third-order valence-corrected chi connectivity index (χ3v) is 5.72. The molecule has 0 radical (unpaired) electrons. The molecule has 30 heavy (non-hydrogen) atoms. The van der Waals surface area contributed by atoms with Crippen molar-refractivity contribution in [3.05, 3.63) is 75.3 Å². The van der Waals surface area contributed by atoms with Crippen LogP contribution in [0.4, 0.5) is 5.13 Å². The number of rotatable bonds is 8. The van der Waals surface area contributed by atoms with Crippen LogP contribution < -0.4 is 15.4 Å². The van der Waals surface area contributed by atoms with E-state index in [0.717, 1.165) is 21.0 Å². The van der Waals surface area contributed by atoms with Crippen molar-refractivity contribution in [1.29, 1.82) is 0 Å². The predicted molar refractivity (Wildman–Crippen MR) is 120 cm³/mol. The highest BCUT2D eigenvalue weighted by molar-refractivity contribution is 7.15. The Bertz CT molecular complexity index is 1030. The lowest BCUT2D eigenvalue weighted by Gasteiger charge is -2.07. The maximum atomic E-state index is 12.5. The topological polar surface area (TPSA) is 80.3 Å². The maximum absolute atomic E-state index is 12.5. The Balaban J connectivity index is 1.57. The van der Waals surface area contributed by atoms with E-state index in [9.17, 15) is 9.59 Å². The lowest BCUT2D eigenvalue weighted by molar-refractivity contribution is -0.122. The Morgan fingerprint density at radius 2 is 1.93 bits per heavy atom. The summed E-state index contributed by atoms with van der Waals surface area (Å²) < 4.78 is 5.39. The number of ether oxygens (including phenoxy) is 1. The van der Waals surface area contributed by atoms with Crippen molar-refractivity contribution < 1.29 is 14.3 Å². The van der Waals surface area contributed by atoms with Gasteiger partial charge in [0.2, 0.25) is 0 Å². The van der Waals surface area contributed by atoms with Gasteiger partial charge in [-0.15, -0.1) is 11.3 Å². The summed E-state index contributed by atoms with van der Waals surface area (Å²) in [4.78, 5) is 29.2. The molecule has 0 saturated carbocycles. The molecule has 0 saturated heterocycles. The van der Waals surface area contributed by atoms with Crippen LogP contribution in [-0.2, 0) is 11.2 Å². The molecule has 2 N–H and O–H groups in total. The second kappa shape index (κ2) is 10.2. The number of likely N-dealkylation sites (N-methyl/N-ethyl adjacent to an activating group) is 1. The van der Waals surface area contributed by atoms with Gasteiger partial charge in [-0.1, -0.05) is 29.8 Å². The van der Waals surface area contributed by atoms with Gasteiger partial charge in [0.25, 0.3) is 11.8 Å². The summed E-state index contributed by atoms with van der Waals surface area (Å²) in [5.41, 5.74) is 2.53. The molecule has 0 bridgehead atoms. The molecule has 3 aromatic rings. The van der Waals surface area contributed by atoms with Gasteiger partial charge < -0.3 is 10.1 Å². The van der Waals surface area contributed by atoms with Gasteiger partial charge in [-0.2, -0.15) is 0 Å². The summed E-state index contributed by atoms with van der Waals surface area (Å²) >= 11 is 7.78. The molecule has 1 aromatic heterocycles. The highest BCUT2D eigenvalue weighted by atomic mass is 35.5. The SMILES string of the molecule is CCNC(=O)COc1ccc(C(=O)Nc2ncc(Cc3cccc(C)c3Cl)s2)cc1. The zero-order valence-corrected chi connectivity index (χ0v) is 18.3. The number of carbonyl (C=O) groups excluding carboxylic acids is 2. The molecule has 156 valence electrons. The van der Waals surface area contributed by atoms with Crippen molar-refractivity contribution in [2.45, 2.75) is 20.3 Å². The van der Waals surface area contributed by atoms with Crippen molar-refractivity contribution in [3.63, 3.8) is 0 Å². The van der Waals surface area contributed by atoms with Gasteiger partial charge >= 0.3 is 0 Å². The summed E-state index contributed by atoms with van der Waals surface area (Å²) in [5.74, 6) is 0.0648. The summed E-state index contributed by atoms with van der Waals surface area (Å²) in [6, 6.07) is 12.5. The quantitative estimate of drug-likeness (QED) is 0.538. The number of hydrogen-bond acceptors (Lipinski definition) is 5. The summed E-state index contributed by atoms with van der Waals surface area (Å²) in [6.07, 6.45) is 2.41. The number of carbonyl (C=O) groups is 2. The molecule has 0 aliphatic heterocycles. The van der Waals surface area contributed by atoms with Crippen LogP contribution in [0, 0.1) is 6.92 Å². The molecule has 8 heteroatoms. The largest absolute Gasteiger partial charge is 0.484 e. The molecule has 0 aliphatic carbocycles. The molecule has 2 amide bonds. The van der Waals surface area contributed by atoms with E-state index in [0.29, 0.717) is 29.4 Å². The van der Waals surface area contributed by atoms with Gasteiger partial charge in [0.15, 0.2) is 11.7 Å². The van der Waals surface area contributed by atoms with E-state index in [1.54, 1.807) is 30.5 Å². The first kappa shape index (κ1) is 21.8. The monoisotopic (exact) mass is 443 g/mol. The van der Waals surface area contributed by atoms with Crippen LogP contribution in [0.25, 0.3) is 0 Å². The van der Waals surface area contributed by atoms with Crippen LogP contribution in [0.15, 0.2) is 48.7 Å². The third-order valence-electron chi connectivity index (χ3n) is 4.27. The van der Waals surface area contributed by atoms with Crippen molar-refractivity contribution >= 4 is 39.9 Å². The third kappa shape index (κ3) is 5.81. The van der Waals surface area contributed by atoms with Crippen molar-refractivity contribution in [2.75, 3.05) is 18.5 Å². The number of nitrogens with one attached hydrogen (secondary N) is 2. The zero-order valence-electron chi connectivity index (χ0n) is 16.7. The number of aryl methyl sites for hydroxylation is 1. The van der Waals surface area contributed by atoms with E-state index in [4.69, 9.17) is 16.3 Å². The van der Waals surface area contributed by atoms with E-state index in [-0.39, 0.29) is 18.4 Å². The molecule has 2 aromatic carbocycles. The smallest absolute Gasteiger partial charge is 0.257 e. The van der Waals surface area contributed by atoms with Crippen LogP contribution in [-0.4, -0.2) is 29.9 Å². The van der Waals surface area contributed by atoms with Crippen LogP contribution in [0.2, 0.25) is 5.02 Å². The van der Waals surface area contributed by atoms with Crippen molar-refractivity contribution in [1.82, 2.24) is 10.3 Å². The Hall–Kier alpha value is -2.90. The number of aromatic nitrogens is 1. The Morgan fingerprint density at radius 3 is 2.67 bits per heavy atom. The summed E-state index contributed by atoms with van der Waals surface area (Å²) in [7, 11) is 0. The predicted octanol–water partition coefficient (Wildman–Crippen LogP) is 4.46. The van der Waals surface area contributed by atoms with Gasteiger partial charge in [-0.05, 0) is 49.2 Å². The lowest BCUT2D eigenvalue weighted by Crippen LogP contribution is -2.28. The normalized spacial score (nSPS) is 10.5. The van der Waals surface area contributed by atoms with E-state index in [1.165, 1.54) is 11.3 Å². The van der Waals surface area contributed by atoms with E-state index in [1.807, 2.05) is 32.0 Å². The second-order valence-electron chi connectivity index (χ2n) is 6.58. The average molecular weight is 444 g/mol. The van der Waals surface area contributed by atoms with Gasteiger partial charge in [-0.25, -0.2) is 4.98 Å². The van der Waals surface area contributed by atoms with Crippen LogP contribution >= 0.6 is 22.9 Å². The zero-order chi connectivity index (χ0) is 21.5. The Labute approximate surface area is 184 Å². The fraction of sp³-hybridized carbons (Fsp3) is 0.227. The number of nitrogens with zero attached hydrogens (tertiary/aromatic N) is 1. The van der Waals surface area contributed by atoms with E-state index in [2.05, 4.69) is 15.6 Å². The Morgan fingerprint density at radius 1 is 1.17 bits per heavy atom. The fourth-order valence-electron chi connectivity index (χ4n) is 2.75. The fourth-order valence-corrected chi connectivity index (χ4v) is 3.77. The first-order valence-electron chi connectivity index (χ1n) is 9.46.